The lowest BCUT2D eigenvalue weighted by Crippen LogP contribution is -2.36. The molecule has 0 radical (unpaired) electrons. The summed E-state index contributed by atoms with van der Waals surface area (Å²) in [5.41, 5.74) is 0. The zero-order chi connectivity index (χ0) is 18.2. The van der Waals surface area contributed by atoms with Crippen LogP contribution in [-0.4, -0.2) is 22.1 Å². The Morgan fingerprint density at radius 1 is 0.923 bits per heavy atom. The molecule has 1 saturated carbocycles. The summed E-state index contributed by atoms with van der Waals surface area (Å²) in [5, 5.41) is 11.1. The molecule has 0 aromatic heterocycles. The van der Waals surface area contributed by atoms with Gasteiger partial charge in [0.15, 0.2) is 5.12 Å². The van der Waals surface area contributed by atoms with Gasteiger partial charge in [0, 0.05) is 15.5 Å². The fourth-order valence-corrected chi connectivity index (χ4v) is 5.57. The van der Waals surface area contributed by atoms with E-state index in [2.05, 4.69) is 12.1 Å². The Balaban J connectivity index is 1.70. The van der Waals surface area contributed by atoms with Crippen molar-refractivity contribution < 1.29 is 9.90 Å². The number of hydrogen-bond donors (Lipinski definition) is 1. The molecule has 1 aliphatic rings. The van der Waals surface area contributed by atoms with E-state index >= 15 is 0 Å². The molecule has 0 heterocycles. The third-order valence-electron chi connectivity index (χ3n) is 4.98. The summed E-state index contributed by atoms with van der Waals surface area (Å²) in [6.45, 7) is 0. The quantitative estimate of drug-likeness (QED) is 0.624. The number of carbonyl (C=O) groups excluding carboxylic acids is 1. The van der Waals surface area contributed by atoms with E-state index in [-0.39, 0.29) is 17.0 Å². The summed E-state index contributed by atoms with van der Waals surface area (Å²) in [6.07, 6.45) is 5.11. The minimum Gasteiger partial charge on any atom is -0.392 e. The lowest BCUT2D eigenvalue weighted by molar-refractivity contribution is -0.118. The van der Waals surface area contributed by atoms with Gasteiger partial charge in [0.1, 0.15) is 0 Å². The maximum atomic E-state index is 13.0. The molecular formula is C22H26O2S2. The summed E-state index contributed by atoms with van der Waals surface area (Å²) < 4.78 is 0. The van der Waals surface area contributed by atoms with Crippen LogP contribution >= 0.6 is 23.5 Å². The Morgan fingerprint density at radius 2 is 1.50 bits per heavy atom. The van der Waals surface area contributed by atoms with Gasteiger partial charge in [0.25, 0.3) is 0 Å². The first-order valence-corrected chi connectivity index (χ1v) is 11.2. The van der Waals surface area contributed by atoms with E-state index < -0.39 is 6.10 Å². The van der Waals surface area contributed by atoms with Crippen molar-refractivity contribution in [3.8, 4) is 0 Å². The van der Waals surface area contributed by atoms with Crippen molar-refractivity contribution in [2.24, 2.45) is 11.8 Å². The molecule has 0 bridgehead atoms. The van der Waals surface area contributed by atoms with E-state index in [4.69, 9.17) is 0 Å². The Kier molecular flexibility index (Phi) is 7.66. The molecule has 0 aliphatic heterocycles. The molecule has 2 aromatic rings. The second-order valence-corrected chi connectivity index (χ2v) is 9.02. The van der Waals surface area contributed by atoms with Gasteiger partial charge >= 0.3 is 0 Å². The van der Waals surface area contributed by atoms with Gasteiger partial charge in [-0.05, 0) is 43.0 Å². The molecule has 3 rings (SSSR count). The van der Waals surface area contributed by atoms with Crippen molar-refractivity contribution in [1.29, 1.82) is 0 Å². The monoisotopic (exact) mass is 386 g/mol. The van der Waals surface area contributed by atoms with Crippen LogP contribution < -0.4 is 0 Å². The van der Waals surface area contributed by atoms with Crippen LogP contribution in [0.25, 0.3) is 0 Å². The third-order valence-corrected chi connectivity index (χ3v) is 7.13. The Morgan fingerprint density at radius 3 is 2.12 bits per heavy atom. The van der Waals surface area contributed by atoms with Crippen molar-refractivity contribution >= 4 is 28.6 Å². The molecule has 138 valence electrons. The normalized spacial score (nSPS) is 17.6. The van der Waals surface area contributed by atoms with Gasteiger partial charge in [0.2, 0.25) is 0 Å². The second kappa shape index (κ2) is 10.2. The topological polar surface area (TPSA) is 37.3 Å². The van der Waals surface area contributed by atoms with E-state index in [1.54, 1.807) is 11.8 Å². The number of aliphatic hydroxyl groups is 1. The van der Waals surface area contributed by atoms with E-state index in [1.165, 1.54) is 31.0 Å². The summed E-state index contributed by atoms with van der Waals surface area (Å²) >= 11 is 2.93. The molecule has 1 aliphatic carbocycles. The number of hydrogen-bond acceptors (Lipinski definition) is 4. The van der Waals surface area contributed by atoms with Crippen molar-refractivity contribution in [2.75, 3.05) is 5.75 Å². The van der Waals surface area contributed by atoms with Crippen LogP contribution in [0.4, 0.5) is 0 Å². The van der Waals surface area contributed by atoms with Crippen LogP contribution in [0.1, 0.15) is 32.1 Å². The van der Waals surface area contributed by atoms with E-state index in [1.807, 2.05) is 48.5 Å². The highest BCUT2D eigenvalue weighted by atomic mass is 32.2. The van der Waals surface area contributed by atoms with Crippen LogP contribution in [0.15, 0.2) is 70.5 Å². The Hall–Kier alpha value is -1.23. The Labute approximate surface area is 164 Å². The molecule has 4 heteroatoms. The molecule has 26 heavy (non-hydrogen) atoms. The second-order valence-electron chi connectivity index (χ2n) is 6.85. The number of benzene rings is 2. The van der Waals surface area contributed by atoms with Crippen LogP contribution in [0, 0.1) is 11.8 Å². The first kappa shape index (κ1) is 19.5. The molecular weight excluding hydrogens is 360 g/mol. The highest BCUT2D eigenvalue weighted by Crippen LogP contribution is 2.35. The minimum absolute atomic E-state index is 0.0812. The first-order chi connectivity index (χ1) is 12.7. The van der Waals surface area contributed by atoms with Crippen LogP contribution in [0.5, 0.6) is 0 Å². The summed E-state index contributed by atoms with van der Waals surface area (Å²) in [6, 6.07) is 19.9. The highest BCUT2D eigenvalue weighted by molar-refractivity contribution is 8.13. The minimum atomic E-state index is -0.546. The predicted octanol–water partition coefficient (Wildman–Crippen LogP) is 5.66. The molecule has 2 atom stereocenters. The summed E-state index contributed by atoms with van der Waals surface area (Å²) in [5.74, 6) is 0.541. The molecule has 1 fully saturated rings. The van der Waals surface area contributed by atoms with Crippen molar-refractivity contribution in [2.45, 2.75) is 48.0 Å². The lowest BCUT2D eigenvalue weighted by Gasteiger charge is -2.31. The molecule has 1 N–H and O–H groups in total. The fourth-order valence-electron chi connectivity index (χ4n) is 3.49. The number of aliphatic hydroxyl groups excluding tert-OH is 1. The molecule has 2 unspecified atom stereocenters. The largest absolute Gasteiger partial charge is 0.392 e. The third kappa shape index (κ3) is 5.63. The smallest absolute Gasteiger partial charge is 0.200 e. The molecule has 0 amide bonds. The number of rotatable bonds is 7. The lowest BCUT2D eigenvalue weighted by atomic mass is 9.81. The van der Waals surface area contributed by atoms with E-state index in [9.17, 15) is 9.90 Å². The zero-order valence-corrected chi connectivity index (χ0v) is 16.6. The van der Waals surface area contributed by atoms with Crippen molar-refractivity contribution in [1.82, 2.24) is 0 Å². The highest BCUT2D eigenvalue weighted by Gasteiger charge is 2.34. The van der Waals surface area contributed by atoms with Gasteiger partial charge in [-0.15, -0.1) is 11.8 Å². The average molecular weight is 387 g/mol. The average Bonchev–Trinajstić information content (AvgIpc) is 2.70. The molecule has 2 nitrogen and oxygen atoms in total. The van der Waals surface area contributed by atoms with Gasteiger partial charge in [0.05, 0.1) is 12.0 Å². The SMILES string of the molecule is O=C(Sc1ccccc1)C(CSc1ccccc1)C(O)C1CCCCC1. The predicted molar refractivity (Wildman–Crippen MR) is 111 cm³/mol. The van der Waals surface area contributed by atoms with E-state index in [0.717, 1.165) is 22.6 Å². The Bertz CT molecular complexity index is 669. The number of carbonyl (C=O) groups is 1. The van der Waals surface area contributed by atoms with Crippen molar-refractivity contribution in [3.63, 3.8) is 0 Å². The van der Waals surface area contributed by atoms with Crippen LogP contribution in [0.3, 0.4) is 0 Å². The van der Waals surface area contributed by atoms with Crippen molar-refractivity contribution in [3.05, 3.63) is 60.7 Å². The van der Waals surface area contributed by atoms with Gasteiger partial charge in [-0.2, -0.15) is 0 Å². The maximum absolute atomic E-state index is 13.0. The molecule has 2 aromatic carbocycles. The van der Waals surface area contributed by atoms with Crippen LogP contribution in [-0.2, 0) is 4.79 Å². The first-order valence-electron chi connectivity index (χ1n) is 9.36. The molecule has 0 spiro atoms. The van der Waals surface area contributed by atoms with Gasteiger partial charge in [-0.1, -0.05) is 67.4 Å². The van der Waals surface area contributed by atoms with Crippen LogP contribution in [0.2, 0.25) is 0 Å². The van der Waals surface area contributed by atoms with Gasteiger partial charge in [-0.3, -0.25) is 4.79 Å². The molecule has 0 saturated heterocycles. The summed E-state index contributed by atoms with van der Waals surface area (Å²) in [7, 11) is 0. The maximum Gasteiger partial charge on any atom is 0.200 e. The fraction of sp³-hybridized carbons (Fsp3) is 0.409. The van der Waals surface area contributed by atoms with Gasteiger partial charge < -0.3 is 5.11 Å². The van der Waals surface area contributed by atoms with E-state index in [0.29, 0.717) is 5.75 Å². The zero-order valence-electron chi connectivity index (χ0n) is 14.9. The summed E-state index contributed by atoms with van der Waals surface area (Å²) in [4.78, 5) is 15.1. The van der Waals surface area contributed by atoms with Gasteiger partial charge in [-0.25, -0.2) is 0 Å². The standard InChI is InChI=1S/C22H26O2S2/c23-21(17-10-4-1-5-11-17)20(16-25-18-12-6-2-7-13-18)22(24)26-19-14-8-3-9-15-19/h2-3,6-9,12-15,17,20-21,23H,1,4-5,10-11,16H2. The number of thioether (sulfide) groups is 2.